The Morgan fingerprint density at radius 2 is 1.78 bits per heavy atom. The number of thiol groups is 1. The highest BCUT2D eigenvalue weighted by molar-refractivity contribution is 7.80. The second kappa shape index (κ2) is 6.63. The number of rotatable bonds is 4. The Kier molecular flexibility index (Phi) is 5.13. The van der Waals surface area contributed by atoms with Gasteiger partial charge in [0.05, 0.1) is 0 Å². The normalized spacial score (nSPS) is 27.1. The van der Waals surface area contributed by atoms with Crippen LogP contribution < -0.4 is 0 Å². The number of piperidine rings is 1. The molecule has 1 saturated heterocycles. The summed E-state index contributed by atoms with van der Waals surface area (Å²) >= 11 is 4.54. The van der Waals surface area contributed by atoms with Gasteiger partial charge in [-0.3, -0.25) is 0 Å². The van der Waals surface area contributed by atoms with E-state index in [2.05, 4.69) is 61.7 Å². The first-order valence-corrected chi connectivity index (χ1v) is 7.70. The second-order valence-corrected chi connectivity index (χ2v) is 6.32. The SMILES string of the molecule is CC1CC(C)CN(CC(CS)c2ccccc2)C1. The molecule has 0 bridgehead atoms. The first-order chi connectivity index (χ1) is 8.69. The van der Waals surface area contributed by atoms with Crippen molar-refractivity contribution < 1.29 is 0 Å². The van der Waals surface area contributed by atoms with Crippen molar-refractivity contribution in [1.29, 1.82) is 0 Å². The lowest BCUT2D eigenvalue weighted by atomic mass is 9.90. The Balaban J connectivity index is 1.98. The zero-order valence-corrected chi connectivity index (χ0v) is 12.4. The maximum absolute atomic E-state index is 4.54. The van der Waals surface area contributed by atoms with Crippen molar-refractivity contribution in [3.63, 3.8) is 0 Å². The van der Waals surface area contributed by atoms with E-state index in [9.17, 15) is 0 Å². The zero-order valence-electron chi connectivity index (χ0n) is 11.5. The first-order valence-electron chi connectivity index (χ1n) is 7.07. The smallest absolute Gasteiger partial charge is 0.00584 e. The molecular formula is C16H25NS. The van der Waals surface area contributed by atoms with E-state index in [1.165, 1.54) is 25.1 Å². The van der Waals surface area contributed by atoms with Gasteiger partial charge in [-0.1, -0.05) is 44.2 Å². The summed E-state index contributed by atoms with van der Waals surface area (Å²) in [5, 5.41) is 0. The standard InChI is InChI=1S/C16H25NS/c1-13-8-14(2)10-17(9-13)11-16(12-18)15-6-4-3-5-7-15/h3-7,13-14,16,18H,8-12H2,1-2H3. The molecule has 1 heterocycles. The van der Waals surface area contributed by atoms with Gasteiger partial charge >= 0.3 is 0 Å². The van der Waals surface area contributed by atoms with Gasteiger partial charge in [0.1, 0.15) is 0 Å². The summed E-state index contributed by atoms with van der Waals surface area (Å²) in [4.78, 5) is 2.63. The molecule has 1 aliphatic rings. The van der Waals surface area contributed by atoms with Gasteiger partial charge < -0.3 is 4.90 Å². The van der Waals surface area contributed by atoms with E-state index in [1.54, 1.807) is 0 Å². The number of likely N-dealkylation sites (tertiary alicyclic amines) is 1. The molecule has 1 nitrogen and oxygen atoms in total. The Bertz CT molecular complexity index is 341. The second-order valence-electron chi connectivity index (χ2n) is 5.95. The van der Waals surface area contributed by atoms with Gasteiger partial charge in [-0.15, -0.1) is 0 Å². The van der Waals surface area contributed by atoms with Crippen molar-refractivity contribution in [3.8, 4) is 0 Å². The fraction of sp³-hybridized carbons (Fsp3) is 0.625. The van der Waals surface area contributed by atoms with Gasteiger partial charge in [0.15, 0.2) is 0 Å². The maximum atomic E-state index is 4.54. The lowest BCUT2D eigenvalue weighted by molar-refractivity contribution is 0.136. The predicted octanol–water partition coefficient (Wildman–Crippen LogP) is 3.68. The molecule has 0 radical (unpaired) electrons. The lowest BCUT2D eigenvalue weighted by Crippen LogP contribution is -2.41. The number of hydrogen-bond donors (Lipinski definition) is 1. The van der Waals surface area contributed by atoms with E-state index in [4.69, 9.17) is 0 Å². The fourth-order valence-electron chi connectivity index (χ4n) is 3.25. The molecule has 0 aliphatic carbocycles. The van der Waals surface area contributed by atoms with Crippen molar-refractivity contribution in [3.05, 3.63) is 35.9 Å². The molecule has 100 valence electrons. The molecule has 1 aromatic rings. The molecule has 0 saturated carbocycles. The third kappa shape index (κ3) is 3.76. The molecular weight excluding hydrogens is 238 g/mol. The van der Waals surface area contributed by atoms with Crippen molar-refractivity contribution in [2.45, 2.75) is 26.2 Å². The van der Waals surface area contributed by atoms with Crippen LogP contribution in [0.15, 0.2) is 30.3 Å². The average molecular weight is 263 g/mol. The predicted molar refractivity (Wildman–Crippen MR) is 82.4 cm³/mol. The molecule has 2 rings (SSSR count). The van der Waals surface area contributed by atoms with Crippen LogP contribution in [0.5, 0.6) is 0 Å². The lowest BCUT2D eigenvalue weighted by Gasteiger charge is -2.36. The molecule has 1 aromatic carbocycles. The van der Waals surface area contributed by atoms with Crippen LogP contribution >= 0.6 is 12.6 Å². The molecule has 2 heteroatoms. The van der Waals surface area contributed by atoms with Crippen LogP contribution in [0.2, 0.25) is 0 Å². The minimum absolute atomic E-state index is 0.562. The van der Waals surface area contributed by atoms with Crippen LogP contribution in [0.3, 0.4) is 0 Å². The molecule has 0 aromatic heterocycles. The summed E-state index contributed by atoms with van der Waals surface area (Å²) in [5.74, 6) is 3.17. The largest absolute Gasteiger partial charge is 0.302 e. The first kappa shape index (κ1) is 14.0. The van der Waals surface area contributed by atoms with Crippen molar-refractivity contribution in [1.82, 2.24) is 4.90 Å². The van der Waals surface area contributed by atoms with Gasteiger partial charge in [-0.05, 0) is 29.6 Å². The summed E-state index contributed by atoms with van der Waals surface area (Å²) in [6.45, 7) is 8.41. The summed E-state index contributed by atoms with van der Waals surface area (Å²) in [7, 11) is 0. The topological polar surface area (TPSA) is 3.24 Å². The van der Waals surface area contributed by atoms with E-state index in [1.807, 2.05) is 0 Å². The zero-order chi connectivity index (χ0) is 13.0. The molecule has 3 atom stereocenters. The van der Waals surface area contributed by atoms with Crippen LogP contribution in [-0.2, 0) is 0 Å². The maximum Gasteiger partial charge on any atom is 0.00584 e. The van der Waals surface area contributed by atoms with Crippen LogP contribution in [0.4, 0.5) is 0 Å². The highest BCUT2D eigenvalue weighted by atomic mass is 32.1. The molecule has 1 aliphatic heterocycles. The Morgan fingerprint density at radius 3 is 2.33 bits per heavy atom. The van der Waals surface area contributed by atoms with Crippen LogP contribution in [0.1, 0.15) is 31.7 Å². The Morgan fingerprint density at radius 1 is 1.17 bits per heavy atom. The third-order valence-corrected chi connectivity index (χ3v) is 4.36. The molecule has 18 heavy (non-hydrogen) atoms. The van der Waals surface area contributed by atoms with Crippen LogP contribution in [0.25, 0.3) is 0 Å². The van der Waals surface area contributed by atoms with E-state index in [0.717, 1.165) is 24.1 Å². The van der Waals surface area contributed by atoms with Gasteiger partial charge in [0, 0.05) is 25.6 Å². The summed E-state index contributed by atoms with van der Waals surface area (Å²) in [5.41, 5.74) is 1.43. The van der Waals surface area contributed by atoms with E-state index in [-0.39, 0.29) is 0 Å². The number of nitrogens with zero attached hydrogens (tertiary/aromatic N) is 1. The van der Waals surface area contributed by atoms with Crippen molar-refractivity contribution in [2.75, 3.05) is 25.4 Å². The summed E-state index contributed by atoms with van der Waals surface area (Å²) in [6.07, 6.45) is 1.38. The monoisotopic (exact) mass is 263 g/mol. The average Bonchev–Trinajstić information content (AvgIpc) is 2.36. The van der Waals surface area contributed by atoms with E-state index in [0.29, 0.717) is 5.92 Å². The molecule has 1 fully saturated rings. The number of hydrogen-bond acceptors (Lipinski definition) is 2. The summed E-state index contributed by atoms with van der Waals surface area (Å²) in [6, 6.07) is 10.8. The third-order valence-electron chi connectivity index (χ3n) is 3.91. The minimum Gasteiger partial charge on any atom is -0.302 e. The van der Waals surface area contributed by atoms with E-state index >= 15 is 0 Å². The molecule has 3 unspecified atom stereocenters. The minimum atomic E-state index is 0.562. The molecule has 0 spiro atoms. The van der Waals surface area contributed by atoms with Crippen LogP contribution in [-0.4, -0.2) is 30.3 Å². The van der Waals surface area contributed by atoms with E-state index < -0.39 is 0 Å². The molecule has 0 N–H and O–H groups in total. The number of benzene rings is 1. The van der Waals surface area contributed by atoms with Gasteiger partial charge in [0.2, 0.25) is 0 Å². The molecule has 0 amide bonds. The summed E-state index contributed by atoms with van der Waals surface area (Å²) < 4.78 is 0. The quantitative estimate of drug-likeness (QED) is 0.811. The van der Waals surface area contributed by atoms with Gasteiger partial charge in [-0.2, -0.15) is 12.6 Å². The Labute approximate surface area is 117 Å². The highest BCUT2D eigenvalue weighted by Crippen LogP contribution is 2.25. The fourth-order valence-corrected chi connectivity index (χ4v) is 3.57. The van der Waals surface area contributed by atoms with Crippen molar-refractivity contribution in [2.24, 2.45) is 11.8 Å². The highest BCUT2D eigenvalue weighted by Gasteiger charge is 2.24. The van der Waals surface area contributed by atoms with Gasteiger partial charge in [-0.25, -0.2) is 0 Å². The van der Waals surface area contributed by atoms with Gasteiger partial charge in [0.25, 0.3) is 0 Å². The Hall–Kier alpha value is -0.470. The van der Waals surface area contributed by atoms with Crippen molar-refractivity contribution >= 4 is 12.6 Å². The van der Waals surface area contributed by atoms with Crippen LogP contribution in [0, 0.1) is 11.8 Å².